The number of thioether (sulfide) groups is 1. The van der Waals surface area contributed by atoms with Gasteiger partial charge in [0.1, 0.15) is 12.6 Å². The number of amides is 2. The first-order valence-corrected chi connectivity index (χ1v) is 13.9. The van der Waals surface area contributed by atoms with Crippen LogP contribution in [-0.2, 0) is 19.1 Å². The molecular weight excluding hydrogens is 500 g/mol. The molecule has 3 fully saturated rings. The van der Waals surface area contributed by atoms with Gasteiger partial charge in [-0.2, -0.15) is 0 Å². The van der Waals surface area contributed by atoms with Gasteiger partial charge in [-0.25, -0.2) is 0 Å². The van der Waals surface area contributed by atoms with E-state index in [0.717, 1.165) is 16.5 Å². The van der Waals surface area contributed by atoms with Crippen LogP contribution in [0.4, 0.5) is 5.69 Å². The van der Waals surface area contributed by atoms with Gasteiger partial charge in [0, 0.05) is 30.1 Å². The van der Waals surface area contributed by atoms with Crippen LogP contribution in [0.25, 0.3) is 10.8 Å². The van der Waals surface area contributed by atoms with E-state index in [0.29, 0.717) is 19.3 Å². The van der Waals surface area contributed by atoms with Crippen molar-refractivity contribution in [3.05, 3.63) is 67.8 Å². The highest BCUT2D eigenvalue weighted by Crippen LogP contribution is 2.71. The molecule has 2 unspecified atom stereocenters. The Bertz CT molecular complexity index is 1300. The second-order valence-electron chi connectivity index (χ2n) is 10.5. The molecule has 7 nitrogen and oxygen atoms in total. The lowest BCUT2D eigenvalue weighted by Gasteiger charge is -2.37. The minimum absolute atomic E-state index is 0.0790. The highest BCUT2D eigenvalue weighted by Gasteiger charge is 2.77. The molecule has 5 rings (SSSR count). The van der Waals surface area contributed by atoms with E-state index in [2.05, 4.69) is 13.2 Å². The van der Waals surface area contributed by atoms with E-state index in [1.165, 1.54) is 6.08 Å². The topological polar surface area (TPSA) is 87.1 Å². The second kappa shape index (κ2) is 10.2. The number of aliphatic hydroxyl groups excluding tert-OH is 1. The van der Waals surface area contributed by atoms with Crippen molar-refractivity contribution in [2.75, 3.05) is 31.2 Å². The molecule has 3 aliphatic heterocycles. The first kappa shape index (κ1) is 26.5. The van der Waals surface area contributed by atoms with E-state index < -0.39 is 33.3 Å². The van der Waals surface area contributed by atoms with Gasteiger partial charge >= 0.3 is 5.97 Å². The van der Waals surface area contributed by atoms with Crippen LogP contribution in [0.3, 0.4) is 0 Å². The molecule has 0 aromatic heterocycles. The van der Waals surface area contributed by atoms with Crippen LogP contribution in [0, 0.1) is 11.8 Å². The Kier molecular flexibility index (Phi) is 7.13. The molecule has 1 N–H and O–H groups in total. The largest absolute Gasteiger partial charge is 0.461 e. The molecule has 38 heavy (non-hydrogen) atoms. The molecular formula is C30H34N2O5S. The quantitative estimate of drug-likeness (QED) is 0.367. The summed E-state index contributed by atoms with van der Waals surface area (Å²) in [5, 5.41) is 11.7. The molecule has 0 saturated carbocycles. The number of aliphatic hydroxyl groups is 1. The lowest BCUT2D eigenvalue weighted by molar-refractivity contribution is -0.154. The summed E-state index contributed by atoms with van der Waals surface area (Å²) in [4.78, 5) is 45.1. The molecule has 5 atom stereocenters. The zero-order valence-electron chi connectivity index (χ0n) is 21.7. The number of hydrogen-bond donors (Lipinski definition) is 1. The summed E-state index contributed by atoms with van der Waals surface area (Å²) in [5.74, 6) is -2.10. The SMILES string of the molecule is C=CCOC(=O)[C@@H]1[C@H]2C(=O)N(CCCO)C(C(=O)N(CC=C)c3ccc4ccccc4c3)C23CC[C@@]1(C)S3. The number of ether oxygens (including phenoxy) is 1. The van der Waals surface area contributed by atoms with Crippen molar-refractivity contribution in [1.29, 1.82) is 0 Å². The first-order valence-electron chi connectivity index (χ1n) is 13.1. The monoisotopic (exact) mass is 534 g/mol. The van der Waals surface area contributed by atoms with Gasteiger partial charge in [-0.1, -0.05) is 49.1 Å². The first-order chi connectivity index (χ1) is 18.3. The van der Waals surface area contributed by atoms with Gasteiger partial charge in [0.15, 0.2) is 0 Å². The third-order valence-electron chi connectivity index (χ3n) is 8.29. The van der Waals surface area contributed by atoms with Crippen LogP contribution in [0.1, 0.15) is 26.2 Å². The van der Waals surface area contributed by atoms with Crippen molar-refractivity contribution in [1.82, 2.24) is 4.90 Å². The molecule has 200 valence electrons. The lowest BCUT2D eigenvalue weighted by atomic mass is 9.66. The number of likely N-dealkylation sites (tertiary alicyclic amines) is 1. The van der Waals surface area contributed by atoms with Crippen molar-refractivity contribution in [3.63, 3.8) is 0 Å². The van der Waals surface area contributed by atoms with Crippen LogP contribution in [-0.4, -0.2) is 69.6 Å². The molecule has 8 heteroatoms. The van der Waals surface area contributed by atoms with Crippen LogP contribution in [0.15, 0.2) is 67.8 Å². The number of esters is 1. The van der Waals surface area contributed by atoms with Crippen LogP contribution < -0.4 is 4.90 Å². The molecule has 3 aliphatic rings. The predicted molar refractivity (Wildman–Crippen MR) is 150 cm³/mol. The summed E-state index contributed by atoms with van der Waals surface area (Å²) in [7, 11) is 0. The van der Waals surface area contributed by atoms with E-state index in [9.17, 15) is 19.5 Å². The van der Waals surface area contributed by atoms with E-state index >= 15 is 0 Å². The van der Waals surface area contributed by atoms with E-state index in [4.69, 9.17) is 4.74 Å². The highest BCUT2D eigenvalue weighted by molar-refractivity contribution is 8.02. The Morgan fingerprint density at radius 1 is 1.18 bits per heavy atom. The molecule has 2 aromatic carbocycles. The summed E-state index contributed by atoms with van der Waals surface area (Å²) in [6.07, 6.45) is 4.92. The van der Waals surface area contributed by atoms with Crippen molar-refractivity contribution in [2.24, 2.45) is 11.8 Å². The van der Waals surface area contributed by atoms with Gasteiger partial charge in [0.25, 0.3) is 5.91 Å². The summed E-state index contributed by atoms with van der Waals surface area (Å²) in [5.41, 5.74) is 0.730. The number of carbonyl (C=O) groups is 3. The number of nitrogens with zero attached hydrogens (tertiary/aromatic N) is 2. The second-order valence-corrected chi connectivity index (χ2v) is 12.4. The Balaban J connectivity index is 1.57. The number of fused-ring (bicyclic) bond motifs is 2. The number of hydrogen-bond acceptors (Lipinski definition) is 6. The Morgan fingerprint density at radius 2 is 1.95 bits per heavy atom. The number of benzene rings is 2. The molecule has 3 saturated heterocycles. The standard InChI is InChI=1S/C30H34N2O5S/c1-4-15-31(22-12-11-20-9-6-7-10-21(20)19-22)27(35)25-30-14-13-29(3,38-30)24(28(36)37-18-5-2)23(30)26(34)32(25)16-8-17-33/h4-7,9-12,19,23-25,33H,1-2,8,13-18H2,3H3/t23-,24-,25?,29+,30?/m0/s1. The summed E-state index contributed by atoms with van der Waals surface area (Å²) < 4.78 is 4.23. The van der Waals surface area contributed by atoms with E-state index in [-0.39, 0.29) is 38.1 Å². The lowest BCUT2D eigenvalue weighted by Crippen LogP contribution is -2.55. The molecule has 2 aromatic rings. The van der Waals surface area contributed by atoms with Gasteiger partial charge in [-0.15, -0.1) is 18.3 Å². The maximum Gasteiger partial charge on any atom is 0.311 e. The number of carbonyl (C=O) groups excluding carboxylic acids is 3. The normalized spacial score (nSPS) is 29.4. The van der Waals surface area contributed by atoms with Crippen LogP contribution in [0.2, 0.25) is 0 Å². The summed E-state index contributed by atoms with van der Waals surface area (Å²) in [6, 6.07) is 13.1. The maximum absolute atomic E-state index is 14.5. The van der Waals surface area contributed by atoms with Crippen LogP contribution in [0.5, 0.6) is 0 Å². The van der Waals surface area contributed by atoms with Crippen molar-refractivity contribution in [3.8, 4) is 0 Å². The molecule has 0 radical (unpaired) electrons. The number of anilines is 1. The van der Waals surface area contributed by atoms with Gasteiger partial charge in [0.05, 0.1) is 16.6 Å². The minimum Gasteiger partial charge on any atom is -0.461 e. The third kappa shape index (κ3) is 4.05. The van der Waals surface area contributed by atoms with Gasteiger partial charge in [0.2, 0.25) is 5.91 Å². The number of rotatable bonds is 10. The van der Waals surface area contributed by atoms with Crippen molar-refractivity contribution >= 4 is 46.0 Å². The third-order valence-corrected chi connectivity index (χ3v) is 10.3. The molecule has 2 amide bonds. The fourth-order valence-corrected chi connectivity index (χ4v) is 9.06. The van der Waals surface area contributed by atoms with Gasteiger partial charge in [-0.05, 0) is 49.1 Å². The van der Waals surface area contributed by atoms with Crippen molar-refractivity contribution in [2.45, 2.75) is 41.7 Å². The van der Waals surface area contributed by atoms with E-state index in [1.54, 1.807) is 27.6 Å². The Hall–Kier alpha value is -3.10. The van der Waals surface area contributed by atoms with Gasteiger partial charge < -0.3 is 19.6 Å². The smallest absolute Gasteiger partial charge is 0.311 e. The Labute approximate surface area is 227 Å². The molecule has 2 bridgehead atoms. The van der Waals surface area contributed by atoms with Crippen LogP contribution >= 0.6 is 11.8 Å². The molecule has 3 heterocycles. The predicted octanol–water partition coefficient (Wildman–Crippen LogP) is 3.95. The fraction of sp³-hybridized carbons (Fsp3) is 0.433. The highest BCUT2D eigenvalue weighted by atomic mass is 32.2. The Morgan fingerprint density at radius 3 is 2.66 bits per heavy atom. The van der Waals surface area contributed by atoms with Crippen molar-refractivity contribution < 1.29 is 24.2 Å². The zero-order valence-corrected chi connectivity index (χ0v) is 22.5. The van der Waals surface area contributed by atoms with Gasteiger partial charge in [-0.3, -0.25) is 14.4 Å². The average Bonchev–Trinajstić information content (AvgIpc) is 3.49. The maximum atomic E-state index is 14.5. The average molecular weight is 535 g/mol. The van der Waals surface area contributed by atoms with E-state index in [1.807, 2.05) is 49.4 Å². The summed E-state index contributed by atoms with van der Waals surface area (Å²) >= 11 is 1.61. The fourth-order valence-electron chi connectivity index (χ4n) is 6.72. The minimum atomic E-state index is -0.762. The molecule has 1 spiro atoms. The zero-order chi connectivity index (χ0) is 27.1. The summed E-state index contributed by atoms with van der Waals surface area (Å²) in [6.45, 7) is 10.0. The molecule has 0 aliphatic carbocycles.